The topological polar surface area (TPSA) is 54.7 Å². The first kappa shape index (κ1) is 16.6. The van der Waals surface area contributed by atoms with E-state index < -0.39 is 5.60 Å². The van der Waals surface area contributed by atoms with Crippen molar-refractivity contribution in [1.82, 2.24) is 10.2 Å². The molecule has 0 atom stereocenters. The van der Waals surface area contributed by atoms with E-state index in [2.05, 4.69) is 5.32 Å². The summed E-state index contributed by atoms with van der Waals surface area (Å²) in [6.07, 6.45) is 3.09. The van der Waals surface area contributed by atoms with Crippen LogP contribution in [-0.4, -0.2) is 35.7 Å². The molecule has 0 saturated heterocycles. The van der Waals surface area contributed by atoms with Crippen molar-refractivity contribution in [2.45, 2.75) is 52.8 Å². The zero-order valence-electron chi connectivity index (χ0n) is 13.1. The molecule has 0 aromatic carbocycles. The number of carbonyl (C=O) groups is 1. The molecule has 0 aliphatic heterocycles. The molecule has 1 aromatic rings. The third-order valence-electron chi connectivity index (χ3n) is 2.69. The summed E-state index contributed by atoms with van der Waals surface area (Å²) in [6.45, 7) is 11.7. The predicted molar refractivity (Wildman–Crippen MR) is 78.5 cm³/mol. The molecule has 1 N–H and O–H groups in total. The number of amides is 1. The van der Waals surface area contributed by atoms with Crippen LogP contribution in [0.5, 0.6) is 0 Å². The lowest BCUT2D eigenvalue weighted by Crippen LogP contribution is -2.44. The Kier molecular flexibility index (Phi) is 6.07. The predicted octanol–water partition coefficient (Wildman–Crippen LogP) is 3.01. The average Bonchev–Trinajstić information content (AvgIpc) is 2.78. The van der Waals surface area contributed by atoms with Crippen LogP contribution in [0.25, 0.3) is 0 Å². The lowest BCUT2D eigenvalue weighted by molar-refractivity contribution is 0.0193. The van der Waals surface area contributed by atoms with Crippen LogP contribution in [0.1, 0.15) is 40.2 Å². The fourth-order valence-electron chi connectivity index (χ4n) is 1.71. The highest BCUT2D eigenvalue weighted by Crippen LogP contribution is 2.11. The average molecular weight is 282 g/mol. The summed E-state index contributed by atoms with van der Waals surface area (Å²) in [4.78, 5) is 13.8. The first-order valence-electron chi connectivity index (χ1n) is 7.01. The van der Waals surface area contributed by atoms with Gasteiger partial charge in [0, 0.05) is 31.2 Å². The number of hydrogen-bond acceptors (Lipinski definition) is 4. The Morgan fingerprint density at radius 2 is 2.15 bits per heavy atom. The molecule has 5 heteroatoms. The maximum Gasteiger partial charge on any atom is 0.410 e. The van der Waals surface area contributed by atoms with Crippen LogP contribution in [-0.2, 0) is 11.3 Å². The van der Waals surface area contributed by atoms with Gasteiger partial charge in [-0.15, -0.1) is 0 Å². The third kappa shape index (κ3) is 6.10. The highest BCUT2D eigenvalue weighted by molar-refractivity contribution is 5.68. The van der Waals surface area contributed by atoms with Gasteiger partial charge in [0.25, 0.3) is 0 Å². The molecule has 5 nitrogen and oxygen atoms in total. The van der Waals surface area contributed by atoms with Crippen molar-refractivity contribution in [2.24, 2.45) is 0 Å². The van der Waals surface area contributed by atoms with E-state index in [4.69, 9.17) is 9.15 Å². The number of rotatable bonds is 6. The molecular weight excluding hydrogens is 256 g/mol. The largest absolute Gasteiger partial charge is 0.472 e. The summed E-state index contributed by atoms with van der Waals surface area (Å²) in [6, 6.07) is 2.03. The number of furan rings is 1. The van der Waals surface area contributed by atoms with Crippen molar-refractivity contribution in [3.05, 3.63) is 24.2 Å². The molecule has 114 valence electrons. The normalized spacial score (nSPS) is 11.7. The van der Waals surface area contributed by atoms with Crippen LogP contribution in [0.3, 0.4) is 0 Å². The number of ether oxygens (including phenoxy) is 1. The number of nitrogens with zero attached hydrogens (tertiary/aromatic N) is 1. The minimum atomic E-state index is -0.464. The monoisotopic (exact) mass is 282 g/mol. The quantitative estimate of drug-likeness (QED) is 0.815. The van der Waals surface area contributed by atoms with E-state index in [-0.39, 0.29) is 12.1 Å². The molecule has 20 heavy (non-hydrogen) atoms. The van der Waals surface area contributed by atoms with Gasteiger partial charge in [-0.3, -0.25) is 0 Å². The molecule has 0 fully saturated rings. The third-order valence-corrected chi connectivity index (χ3v) is 2.69. The van der Waals surface area contributed by atoms with Gasteiger partial charge in [-0.1, -0.05) is 0 Å². The van der Waals surface area contributed by atoms with E-state index in [0.717, 1.165) is 12.1 Å². The van der Waals surface area contributed by atoms with Crippen molar-refractivity contribution in [3.63, 3.8) is 0 Å². The van der Waals surface area contributed by atoms with Crippen LogP contribution in [0.4, 0.5) is 4.79 Å². The molecule has 0 saturated carbocycles. The van der Waals surface area contributed by atoms with Gasteiger partial charge in [-0.25, -0.2) is 4.79 Å². The molecule has 0 spiro atoms. The minimum Gasteiger partial charge on any atom is -0.472 e. The standard InChI is InChI=1S/C15H26N2O3/c1-12(2)17(14(18)20-15(3,4)5)8-7-16-10-13-6-9-19-11-13/h6,9,11-12,16H,7-8,10H2,1-5H3. The van der Waals surface area contributed by atoms with Crippen LogP contribution in [0.2, 0.25) is 0 Å². The Bertz CT molecular complexity index is 394. The van der Waals surface area contributed by atoms with Crippen LogP contribution in [0, 0.1) is 0 Å². The van der Waals surface area contributed by atoms with Gasteiger partial charge in [0.05, 0.1) is 12.5 Å². The molecule has 0 radical (unpaired) electrons. The summed E-state index contributed by atoms with van der Waals surface area (Å²) < 4.78 is 10.4. The molecule has 1 rings (SSSR count). The highest BCUT2D eigenvalue weighted by Gasteiger charge is 2.23. The van der Waals surface area contributed by atoms with Gasteiger partial charge in [0.1, 0.15) is 5.60 Å². The van der Waals surface area contributed by atoms with Crippen LogP contribution in [0.15, 0.2) is 23.0 Å². The summed E-state index contributed by atoms with van der Waals surface area (Å²) in [7, 11) is 0. The Labute approximate surface area is 121 Å². The Balaban J connectivity index is 2.37. The number of hydrogen-bond donors (Lipinski definition) is 1. The van der Waals surface area contributed by atoms with Crippen molar-refractivity contribution in [3.8, 4) is 0 Å². The van der Waals surface area contributed by atoms with Gasteiger partial charge in [0.2, 0.25) is 0 Å². The van der Waals surface area contributed by atoms with E-state index in [0.29, 0.717) is 13.1 Å². The second-order valence-corrected chi connectivity index (χ2v) is 6.08. The Morgan fingerprint density at radius 1 is 1.45 bits per heavy atom. The van der Waals surface area contributed by atoms with Crippen LogP contribution < -0.4 is 5.32 Å². The molecule has 0 unspecified atom stereocenters. The molecule has 1 amide bonds. The van der Waals surface area contributed by atoms with Crippen molar-refractivity contribution >= 4 is 6.09 Å². The molecular formula is C15H26N2O3. The van der Waals surface area contributed by atoms with Gasteiger partial charge in [0.15, 0.2) is 0 Å². The lowest BCUT2D eigenvalue weighted by Gasteiger charge is -2.30. The molecule has 0 aliphatic carbocycles. The zero-order chi connectivity index (χ0) is 15.2. The second kappa shape index (κ2) is 7.33. The molecule has 1 aromatic heterocycles. The van der Waals surface area contributed by atoms with Gasteiger partial charge < -0.3 is 19.4 Å². The maximum atomic E-state index is 12.1. The van der Waals surface area contributed by atoms with Crippen molar-refractivity contribution in [1.29, 1.82) is 0 Å². The fraction of sp³-hybridized carbons (Fsp3) is 0.667. The van der Waals surface area contributed by atoms with Crippen molar-refractivity contribution < 1.29 is 13.9 Å². The summed E-state index contributed by atoms with van der Waals surface area (Å²) in [5.74, 6) is 0. The SMILES string of the molecule is CC(C)N(CCNCc1ccoc1)C(=O)OC(C)(C)C. The molecule has 1 heterocycles. The first-order chi connectivity index (χ1) is 9.29. The second-order valence-electron chi connectivity index (χ2n) is 6.08. The number of carbonyl (C=O) groups excluding carboxylic acids is 1. The van der Waals surface area contributed by atoms with E-state index in [1.807, 2.05) is 40.7 Å². The minimum absolute atomic E-state index is 0.112. The van der Waals surface area contributed by atoms with E-state index in [1.54, 1.807) is 17.4 Å². The van der Waals surface area contributed by atoms with Gasteiger partial charge >= 0.3 is 6.09 Å². The molecule has 0 bridgehead atoms. The first-order valence-corrected chi connectivity index (χ1v) is 7.01. The zero-order valence-corrected chi connectivity index (χ0v) is 13.1. The van der Waals surface area contributed by atoms with E-state index >= 15 is 0 Å². The highest BCUT2D eigenvalue weighted by atomic mass is 16.6. The van der Waals surface area contributed by atoms with Gasteiger partial charge in [-0.2, -0.15) is 0 Å². The smallest absolute Gasteiger partial charge is 0.410 e. The van der Waals surface area contributed by atoms with E-state index in [9.17, 15) is 4.79 Å². The van der Waals surface area contributed by atoms with Crippen molar-refractivity contribution in [2.75, 3.05) is 13.1 Å². The van der Waals surface area contributed by atoms with Gasteiger partial charge in [-0.05, 0) is 40.7 Å². The number of nitrogens with one attached hydrogen (secondary N) is 1. The van der Waals surface area contributed by atoms with E-state index in [1.165, 1.54) is 0 Å². The summed E-state index contributed by atoms with van der Waals surface area (Å²) >= 11 is 0. The summed E-state index contributed by atoms with van der Waals surface area (Å²) in [5.41, 5.74) is 0.632. The fourth-order valence-corrected chi connectivity index (χ4v) is 1.71. The Morgan fingerprint density at radius 3 is 2.65 bits per heavy atom. The van der Waals surface area contributed by atoms with Crippen LogP contribution >= 0.6 is 0 Å². The Hall–Kier alpha value is -1.49. The summed E-state index contributed by atoms with van der Waals surface area (Å²) in [5, 5.41) is 3.28. The molecule has 0 aliphatic rings. The maximum absolute atomic E-state index is 12.1. The lowest BCUT2D eigenvalue weighted by atomic mass is 10.2.